The largest absolute Gasteiger partial charge is 0.481 e. The van der Waals surface area contributed by atoms with Crippen LogP contribution in [0.4, 0.5) is 4.79 Å². The molecule has 0 heterocycles. The Bertz CT molecular complexity index is 935. The van der Waals surface area contributed by atoms with Gasteiger partial charge in [0.2, 0.25) is 11.8 Å². The quantitative estimate of drug-likeness (QED) is 0.329. The third kappa shape index (κ3) is 11.2. The molecule has 1 aromatic carbocycles. The van der Waals surface area contributed by atoms with Gasteiger partial charge in [-0.15, -0.1) is 0 Å². The summed E-state index contributed by atoms with van der Waals surface area (Å²) in [5.74, 6) is -4.86. The van der Waals surface area contributed by atoms with Gasteiger partial charge in [0, 0.05) is 0 Å². The van der Waals surface area contributed by atoms with E-state index in [4.69, 9.17) is 15.2 Å². The van der Waals surface area contributed by atoms with E-state index in [0.717, 1.165) is 0 Å². The number of rotatable bonds is 11. The summed E-state index contributed by atoms with van der Waals surface area (Å²) in [5, 5.41) is 14.5. The Morgan fingerprint density at radius 3 is 2.00 bits per heavy atom. The van der Waals surface area contributed by atoms with Crippen LogP contribution in [0.25, 0.3) is 0 Å². The number of hydrogen-bond acceptors (Lipinski definition) is 7. The number of amides is 3. The number of aliphatic carboxylic acids is 1. The van der Waals surface area contributed by atoms with Crippen LogP contribution < -0.4 is 16.4 Å². The number of nitrogens with two attached hydrogens (primary N) is 1. The number of carbonyl (C=O) groups is 5. The number of ether oxygens (including phenoxy) is 2. The first-order chi connectivity index (χ1) is 16.5. The number of nitrogens with one attached hydrogen (secondary N) is 2. The molecule has 0 fully saturated rings. The molecule has 36 heavy (non-hydrogen) atoms. The van der Waals surface area contributed by atoms with Crippen molar-refractivity contribution < 1.29 is 38.6 Å². The van der Waals surface area contributed by atoms with Crippen molar-refractivity contribution in [1.29, 1.82) is 0 Å². The maximum absolute atomic E-state index is 13.2. The van der Waals surface area contributed by atoms with E-state index in [9.17, 15) is 29.1 Å². The van der Waals surface area contributed by atoms with Gasteiger partial charge in [0.1, 0.15) is 24.3 Å². The van der Waals surface area contributed by atoms with E-state index in [1.807, 2.05) is 0 Å². The molecule has 11 heteroatoms. The van der Waals surface area contributed by atoms with E-state index in [0.29, 0.717) is 5.56 Å². The van der Waals surface area contributed by atoms with Crippen LogP contribution in [0.5, 0.6) is 0 Å². The van der Waals surface area contributed by atoms with Crippen molar-refractivity contribution in [2.24, 2.45) is 17.1 Å². The summed E-state index contributed by atoms with van der Waals surface area (Å²) in [5.41, 5.74) is 4.27. The van der Waals surface area contributed by atoms with Crippen LogP contribution in [0.15, 0.2) is 30.3 Å². The second kappa shape index (κ2) is 12.9. The number of hydrogen-bond donors (Lipinski definition) is 4. The molecule has 0 saturated heterocycles. The van der Waals surface area contributed by atoms with Gasteiger partial charge in [0.05, 0.1) is 12.3 Å². The zero-order valence-corrected chi connectivity index (χ0v) is 21.6. The zero-order chi connectivity index (χ0) is 27.7. The molecule has 1 aromatic rings. The predicted octanol–water partition coefficient (Wildman–Crippen LogP) is 2.12. The van der Waals surface area contributed by atoms with Gasteiger partial charge in [-0.1, -0.05) is 51.1 Å². The molecule has 0 aliphatic rings. The molecule has 200 valence electrons. The van der Waals surface area contributed by atoms with Gasteiger partial charge in [-0.3, -0.25) is 14.4 Å². The van der Waals surface area contributed by atoms with E-state index >= 15 is 0 Å². The Morgan fingerprint density at radius 1 is 0.944 bits per heavy atom. The first kappa shape index (κ1) is 30.4. The summed E-state index contributed by atoms with van der Waals surface area (Å²) < 4.78 is 10.4. The number of esters is 1. The Hall–Kier alpha value is -3.63. The number of benzene rings is 1. The average molecular weight is 508 g/mol. The van der Waals surface area contributed by atoms with Crippen LogP contribution in [-0.2, 0) is 35.3 Å². The van der Waals surface area contributed by atoms with Gasteiger partial charge < -0.3 is 30.9 Å². The van der Waals surface area contributed by atoms with E-state index in [1.165, 1.54) is 0 Å². The lowest BCUT2D eigenvalue weighted by molar-refractivity contribution is -0.160. The minimum absolute atomic E-state index is 0.0785. The van der Waals surface area contributed by atoms with Crippen molar-refractivity contribution >= 4 is 29.8 Å². The maximum Gasteiger partial charge on any atom is 0.408 e. The average Bonchev–Trinajstić information content (AvgIpc) is 2.72. The lowest BCUT2D eigenvalue weighted by atomic mass is 9.77. The third-order valence-electron chi connectivity index (χ3n) is 5.05. The Kier molecular flexibility index (Phi) is 10.9. The van der Waals surface area contributed by atoms with Gasteiger partial charge in [0.25, 0.3) is 0 Å². The number of carboxylic acids is 1. The fraction of sp³-hybridized carbons (Fsp3) is 0.560. The van der Waals surface area contributed by atoms with Gasteiger partial charge >= 0.3 is 18.0 Å². The van der Waals surface area contributed by atoms with Crippen molar-refractivity contribution in [3.05, 3.63) is 35.9 Å². The highest BCUT2D eigenvalue weighted by molar-refractivity contribution is 5.92. The third-order valence-corrected chi connectivity index (χ3v) is 5.05. The summed E-state index contributed by atoms with van der Waals surface area (Å²) in [6.07, 6.45) is -1.81. The molecular formula is C25H37N3O8. The SMILES string of the molecule is CC(C)(C)OC(=O)[C@H](CC(N)=O)NC(=O)[C@H](CC(C(=O)O)C(C)(C)C)NC(=O)OCc1ccccc1. The molecule has 3 amide bonds. The highest BCUT2D eigenvalue weighted by Gasteiger charge is 2.38. The van der Waals surface area contributed by atoms with E-state index in [2.05, 4.69) is 10.6 Å². The minimum atomic E-state index is -1.43. The predicted molar refractivity (Wildman–Crippen MR) is 130 cm³/mol. The molecule has 3 atom stereocenters. The first-order valence-electron chi connectivity index (χ1n) is 11.5. The normalized spacial score (nSPS) is 14.1. The summed E-state index contributed by atoms with van der Waals surface area (Å²) in [4.78, 5) is 61.7. The Morgan fingerprint density at radius 2 is 1.53 bits per heavy atom. The summed E-state index contributed by atoms with van der Waals surface area (Å²) in [6, 6.07) is 5.99. The Labute approximate surface area is 211 Å². The van der Waals surface area contributed by atoms with Crippen LogP contribution >= 0.6 is 0 Å². The number of primary amides is 1. The van der Waals surface area contributed by atoms with E-state index in [-0.39, 0.29) is 13.0 Å². The molecule has 0 bridgehead atoms. The molecule has 0 aliphatic heterocycles. The van der Waals surface area contributed by atoms with Crippen LogP contribution in [0.2, 0.25) is 0 Å². The number of carbonyl (C=O) groups excluding carboxylic acids is 4. The second-order valence-corrected chi connectivity index (χ2v) is 10.5. The summed E-state index contributed by atoms with van der Waals surface area (Å²) in [6.45, 7) is 9.82. The van der Waals surface area contributed by atoms with E-state index < -0.39 is 65.3 Å². The highest BCUT2D eigenvalue weighted by atomic mass is 16.6. The zero-order valence-electron chi connectivity index (χ0n) is 21.6. The molecule has 0 spiro atoms. The van der Waals surface area contributed by atoms with Crippen molar-refractivity contribution in [2.75, 3.05) is 0 Å². The smallest absolute Gasteiger partial charge is 0.408 e. The van der Waals surface area contributed by atoms with E-state index in [1.54, 1.807) is 71.9 Å². The summed E-state index contributed by atoms with van der Waals surface area (Å²) >= 11 is 0. The molecule has 11 nitrogen and oxygen atoms in total. The molecule has 1 rings (SSSR count). The molecule has 0 saturated carbocycles. The lowest BCUT2D eigenvalue weighted by Crippen LogP contribution is -2.54. The fourth-order valence-electron chi connectivity index (χ4n) is 3.24. The van der Waals surface area contributed by atoms with Gasteiger partial charge in [0.15, 0.2) is 0 Å². The minimum Gasteiger partial charge on any atom is -0.481 e. The maximum atomic E-state index is 13.2. The van der Waals surface area contributed by atoms with Crippen molar-refractivity contribution in [2.45, 2.75) is 78.7 Å². The van der Waals surface area contributed by atoms with Crippen molar-refractivity contribution in [3.63, 3.8) is 0 Å². The van der Waals surface area contributed by atoms with Crippen molar-refractivity contribution in [1.82, 2.24) is 10.6 Å². The van der Waals surface area contributed by atoms with Gasteiger partial charge in [-0.05, 0) is 38.2 Å². The second-order valence-electron chi connectivity index (χ2n) is 10.5. The lowest BCUT2D eigenvalue weighted by Gasteiger charge is -2.31. The van der Waals surface area contributed by atoms with Gasteiger partial charge in [-0.2, -0.15) is 0 Å². The fourth-order valence-corrected chi connectivity index (χ4v) is 3.24. The highest BCUT2D eigenvalue weighted by Crippen LogP contribution is 2.30. The van der Waals surface area contributed by atoms with Crippen LogP contribution in [-0.4, -0.2) is 52.6 Å². The first-order valence-corrected chi connectivity index (χ1v) is 11.5. The standard InChI is InChI=1S/C25H37N3O8/c1-24(2,3)16(21(31)32)12-17(28-23(34)35-14-15-10-8-7-9-11-15)20(30)27-18(13-19(26)29)22(33)36-25(4,5)6/h7-11,16-18H,12-14H2,1-6H3,(H2,26,29)(H,27,30)(H,28,34)(H,31,32)/t16?,17-,18-/m0/s1. The molecular weight excluding hydrogens is 470 g/mol. The summed E-state index contributed by atoms with van der Waals surface area (Å²) in [7, 11) is 0. The molecule has 0 aromatic heterocycles. The topological polar surface area (TPSA) is 174 Å². The van der Waals surface area contributed by atoms with Crippen LogP contribution in [0.3, 0.4) is 0 Å². The van der Waals surface area contributed by atoms with Crippen LogP contribution in [0.1, 0.15) is 59.9 Å². The Balaban J connectivity index is 3.12. The van der Waals surface area contributed by atoms with Gasteiger partial charge in [-0.25, -0.2) is 9.59 Å². The van der Waals surface area contributed by atoms with Crippen LogP contribution in [0, 0.1) is 11.3 Å². The number of alkyl carbamates (subject to hydrolysis) is 1. The number of carboxylic acid groups (broad SMARTS) is 1. The van der Waals surface area contributed by atoms with Crippen molar-refractivity contribution in [3.8, 4) is 0 Å². The molecule has 0 aliphatic carbocycles. The molecule has 5 N–H and O–H groups in total. The monoisotopic (exact) mass is 507 g/mol. The molecule has 1 unspecified atom stereocenters. The molecule has 0 radical (unpaired) electrons.